The molecule has 0 saturated carbocycles. The number of methoxy groups -OCH3 is 1. The summed E-state index contributed by atoms with van der Waals surface area (Å²) < 4.78 is 63.3. The van der Waals surface area contributed by atoms with Crippen molar-refractivity contribution in [1.29, 1.82) is 0 Å². The zero-order valence-corrected chi connectivity index (χ0v) is 21.2. The Kier molecular flexibility index (Phi) is 9.05. The van der Waals surface area contributed by atoms with E-state index in [2.05, 4.69) is 10.2 Å². The lowest BCUT2D eigenvalue weighted by Gasteiger charge is -2.33. The Morgan fingerprint density at radius 2 is 1.82 bits per heavy atom. The maximum Gasteiger partial charge on any atom is 0.493 e. The second kappa shape index (κ2) is 11.9. The van der Waals surface area contributed by atoms with Gasteiger partial charge in [-0.1, -0.05) is 6.07 Å². The first kappa shape index (κ1) is 29.0. The molecule has 1 aliphatic rings. The molecule has 0 bridgehead atoms. The van der Waals surface area contributed by atoms with Crippen molar-refractivity contribution in [3.05, 3.63) is 53.3 Å². The number of anilines is 2. The summed E-state index contributed by atoms with van der Waals surface area (Å²) in [7, 11) is 1.35. The van der Waals surface area contributed by atoms with Crippen LogP contribution in [0.15, 0.2) is 36.4 Å². The quantitative estimate of drug-likeness (QED) is 0.386. The van der Waals surface area contributed by atoms with Crippen molar-refractivity contribution in [3.8, 4) is 5.75 Å². The molecule has 9 nitrogen and oxygen atoms in total. The number of alkyl halides is 3. The lowest BCUT2D eigenvalue weighted by molar-refractivity contribution is -0.229. The summed E-state index contributed by atoms with van der Waals surface area (Å²) in [5.41, 5.74) is 6.17. The Hall–Kier alpha value is -3.58. The SMILES string of the molecule is COc1ccc(CNc2ccc(N3CCOCC3)c(C(=O)N(CC(C)(C)N)OC(=O)C(F)(F)F)c2)cc1F. The summed E-state index contributed by atoms with van der Waals surface area (Å²) in [4.78, 5) is 31.5. The minimum Gasteiger partial charge on any atom is -0.494 e. The Bertz CT molecular complexity index is 1150. The lowest BCUT2D eigenvalue weighted by atomic mass is 10.1. The van der Waals surface area contributed by atoms with Gasteiger partial charge in [-0.2, -0.15) is 18.2 Å². The van der Waals surface area contributed by atoms with E-state index in [9.17, 15) is 27.2 Å². The fourth-order valence-corrected chi connectivity index (χ4v) is 3.72. The number of hydrogen-bond donors (Lipinski definition) is 2. The van der Waals surface area contributed by atoms with Gasteiger partial charge in [0.2, 0.25) is 0 Å². The Labute approximate surface area is 217 Å². The number of carbonyl (C=O) groups is 2. The molecular weight excluding hydrogens is 512 g/mol. The van der Waals surface area contributed by atoms with E-state index in [1.165, 1.54) is 39.2 Å². The van der Waals surface area contributed by atoms with Gasteiger partial charge in [0.15, 0.2) is 11.6 Å². The second-order valence-electron chi connectivity index (χ2n) is 9.36. The van der Waals surface area contributed by atoms with Crippen molar-refractivity contribution in [1.82, 2.24) is 5.06 Å². The van der Waals surface area contributed by atoms with Crippen LogP contribution in [0.1, 0.15) is 29.8 Å². The number of hydrogen-bond acceptors (Lipinski definition) is 8. The number of benzene rings is 2. The third-order valence-electron chi connectivity index (χ3n) is 5.49. The van der Waals surface area contributed by atoms with Crippen LogP contribution < -0.4 is 20.7 Å². The summed E-state index contributed by atoms with van der Waals surface area (Å²) in [5.74, 6) is -3.98. The smallest absolute Gasteiger partial charge is 0.493 e. The van der Waals surface area contributed by atoms with E-state index in [-0.39, 0.29) is 17.9 Å². The number of carbonyl (C=O) groups excluding carboxylic acids is 2. The molecule has 1 heterocycles. The average Bonchev–Trinajstić information content (AvgIpc) is 2.85. The largest absolute Gasteiger partial charge is 0.494 e. The van der Waals surface area contributed by atoms with Crippen LogP contribution >= 0.6 is 0 Å². The number of nitrogens with one attached hydrogen (secondary N) is 1. The van der Waals surface area contributed by atoms with Crippen LogP contribution in [0.2, 0.25) is 0 Å². The van der Waals surface area contributed by atoms with Gasteiger partial charge in [0, 0.05) is 36.5 Å². The van der Waals surface area contributed by atoms with Crippen molar-refractivity contribution in [2.75, 3.05) is 50.2 Å². The van der Waals surface area contributed by atoms with Crippen LogP contribution in [0, 0.1) is 5.82 Å². The molecule has 3 N–H and O–H groups in total. The van der Waals surface area contributed by atoms with Gasteiger partial charge in [-0.15, -0.1) is 0 Å². The second-order valence-corrected chi connectivity index (χ2v) is 9.36. The number of morpholine rings is 1. The van der Waals surface area contributed by atoms with E-state index in [0.29, 0.717) is 48.3 Å². The molecule has 38 heavy (non-hydrogen) atoms. The summed E-state index contributed by atoms with van der Waals surface area (Å²) in [6.45, 7) is 4.27. The predicted molar refractivity (Wildman–Crippen MR) is 131 cm³/mol. The minimum atomic E-state index is -5.32. The van der Waals surface area contributed by atoms with E-state index in [1.807, 2.05) is 4.90 Å². The Morgan fingerprint density at radius 1 is 1.13 bits per heavy atom. The van der Waals surface area contributed by atoms with Gasteiger partial charge in [0.05, 0.1) is 32.4 Å². The van der Waals surface area contributed by atoms with Crippen LogP contribution in [0.25, 0.3) is 0 Å². The molecule has 208 valence electrons. The van der Waals surface area contributed by atoms with Crippen molar-refractivity contribution in [3.63, 3.8) is 0 Å². The number of nitrogens with zero attached hydrogens (tertiary/aromatic N) is 2. The first-order chi connectivity index (χ1) is 17.8. The molecule has 0 atom stereocenters. The van der Waals surface area contributed by atoms with Crippen molar-refractivity contribution >= 4 is 23.3 Å². The van der Waals surface area contributed by atoms with Gasteiger partial charge in [-0.3, -0.25) is 4.79 Å². The molecule has 0 unspecified atom stereocenters. The number of halogens is 4. The van der Waals surface area contributed by atoms with Gasteiger partial charge in [0.25, 0.3) is 5.91 Å². The summed E-state index contributed by atoms with van der Waals surface area (Å²) in [6, 6.07) is 9.18. The van der Waals surface area contributed by atoms with Crippen molar-refractivity contribution < 1.29 is 41.5 Å². The molecule has 2 aromatic rings. The van der Waals surface area contributed by atoms with Crippen LogP contribution in [0.3, 0.4) is 0 Å². The third-order valence-corrected chi connectivity index (χ3v) is 5.49. The van der Waals surface area contributed by atoms with Crippen molar-refractivity contribution in [2.24, 2.45) is 5.73 Å². The maximum atomic E-state index is 14.1. The molecule has 1 aliphatic heterocycles. The number of ether oxygens (including phenoxy) is 2. The van der Waals surface area contributed by atoms with E-state index in [1.54, 1.807) is 18.2 Å². The van der Waals surface area contributed by atoms with Crippen LogP contribution in [-0.2, 0) is 20.9 Å². The third kappa shape index (κ3) is 7.71. The highest BCUT2D eigenvalue weighted by molar-refractivity contribution is 6.01. The molecule has 0 radical (unpaired) electrons. The maximum absolute atomic E-state index is 14.1. The van der Waals surface area contributed by atoms with E-state index < -0.39 is 36.0 Å². The van der Waals surface area contributed by atoms with Crippen LogP contribution in [0.5, 0.6) is 5.75 Å². The summed E-state index contributed by atoms with van der Waals surface area (Å²) in [5, 5.41) is 3.40. The Morgan fingerprint density at radius 3 is 2.39 bits per heavy atom. The number of amides is 1. The Balaban J connectivity index is 1.94. The highest BCUT2D eigenvalue weighted by Gasteiger charge is 2.44. The molecule has 0 spiro atoms. The minimum absolute atomic E-state index is 0.0166. The van der Waals surface area contributed by atoms with Gasteiger partial charge in [-0.05, 0) is 49.7 Å². The molecule has 3 rings (SSSR count). The first-order valence-electron chi connectivity index (χ1n) is 11.7. The number of nitrogens with two attached hydrogens (primary N) is 1. The van der Waals surface area contributed by atoms with E-state index in [4.69, 9.17) is 15.2 Å². The summed E-state index contributed by atoms with van der Waals surface area (Å²) in [6.07, 6.45) is -5.32. The highest BCUT2D eigenvalue weighted by Crippen LogP contribution is 2.29. The van der Waals surface area contributed by atoms with Gasteiger partial charge in [-0.25, -0.2) is 9.18 Å². The molecule has 1 saturated heterocycles. The molecule has 2 aromatic carbocycles. The molecular formula is C25H30F4N4O5. The summed E-state index contributed by atoms with van der Waals surface area (Å²) >= 11 is 0. The lowest BCUT2D eigenvalue weighted by Crippen LogP contribution is -2.50. The average molecular weight is 543 g/mol. The van der Waals surface area contributed by atoms with Crippen LogP contribution in [-0.4, -0.2) is 68.6 Å². The zero-order chi connectivity index (χ0) is 28.1. The standard InChI is InChI=1S/C25H30F4N4O5/c1-24(2,30)15-33(38-23(35)25(27,28)29)22(34)18-13-17(5-6-20(18)32-8-10-37-11-9-32)31-14-16-4-7-21(36-3)19(26)12-16/h4-7,12-13,31H,8-11,14-15,30H2,1-3H3. The highest BCUT2D eigenvalue weighted by atomic mass is 19.4. The first-order valence-corrected chi connectivity index (χ1v) is 11.7. The van der Waals surface area contributed by atoms with Gasteiger partial charge in [0.1, 0.15) is 0 Å². The molecule has 1 amide bonds. The molecule has 0 aliphatic carbocycles. The van der Waals surface area contributed by atoms with Gasteiger partial charge < -0.3 is 30.3 Å². The van der Waals surface area contributed by atoms with Crippen LogP contribution in [0.4, 0.5) is 28.9 Å². The van der Waals surface area contributed by atoms with Gasteiger partial charge >= 0.3 is 12.1 Å². The monoisotopic (exact) mass is 542 g/mol. The fourth-order valence-electron chi connectivity index (χ4n) is 3.72. The molecule has 0 aromatic heterocycles. The predicted octanol–water partition coefficient (Wildman–Crippen LogP) is 3.48. The zero-order valence-electron chi connectivity index (χ0n) is 21.2. The number of hydroxylamine groups is 2. The molecule has 1 fully saturated rings. The normalized spacial score (nSPS) is 14.2. The van der Waals surface area contributed by atoms with E-state index in [0.717, 1.165) is 0 Å². The molecule has 13 heteroatoms. The number of rotatable bonds is 8. The van der Waals surface area contributed by atoms with E-state index >= 15 is 0 Å². The van der Waals surface area contributed by atoms with Crippen molar-refractivity contribution in [2.45, 2.75) is 32.1 Å². The fraction of sp³-hybridized carbons (Fsp3) is 0.440. The topological polar surface area (TPSA) is 106 Å².